The van der Waals surface area contributed by atoms with E-state index in [2.05, 4.69) is 10.0 Å². The van der Waals surface area contributed by atoms with Gasteiger partial charge in [0.05, 0.1) is 42.0 Å². The van der Waals surface area contributed by atoms with Crippen molar-refractivity contribution in [2.24, 2.45) is 0 Å². The quantitative estimate of drug-likeness (QED) is 0.351. The Morgan fingerprint density at radius 3 is 2.20 bits per heavy atom. The van der Waals surface area contributed by atoms with Crippen molar-refractivity contribution in [2.45, 2.75) is 4.90 Å². The highest BCUT2D eigenvalue weighted by molar-refractivity contribution is 7.92. The molecule has 8 nitrogen and oxygen atoms in total. The number of ether oxygens (including phenoxy) is 3. The van der Waals surface area contributed by atoms with E-state index in [1.807, 2.05) is 0 Å². The lowest BCUT2D eigenvalue weighted by Crippen LogP contribution is -2.13. The van der Waals surface area contributed by atoms with E-state index in [1.54, 1.807) is 30.3 Å². The normalized spacial score (nSPS) is 11.2. The summed E-state index contributed by atoms with van der Waals surface area (Å²) in [7, 11) is 0.568. The predicted octanol–water partition coefficient (Wildman–Crippen LogP) is 5.47. The Morgan fingerprint density at radius 1 is 0.886 bits per heavy atom. The van der Waals surface area contributed by atoms with E-state index in [0.29, 0.717) is 28.5 Å². The number of benzene rings is 3. The molecular weight excluding hydrogens is 515 g/mol. The van der Waals surface area contributed by atoms with E-state index in [-0.39, 0.29) is 20.6 Å². The van der Waals surface area contributed by atoms with Crippen LogP contribution >= 0.6 is 23.2 Å². The molecule has 3 aromatic rings. The zero-order valence-corrected chi connectivity index (χ0v) is 21.3. The van der Waals surface area contributed by atoms with E-state index in [0.717, 1.165) is 0 Å². The van der Waals surface area contributed by atoms with Crippen molar-refractivity contribution in [2.75, 3.05) is 31.4 Å². The number of anilines is 2. The highest BCUT2D eigenvalue weighted by atomic mass is 35.5. The zero-order valence-electron chi connectivity index (χ0n) is 19.0. The van der Waals surface area contributed by atoms with Crippen LogP contribution < -0.4 is 24.2 Å². The third-order valence-corrected chi connectivity index (χ3v) is 6.98. The number of halogens is 2. The van der Waals surface area contributed by atoms with Crippen molar-refractivity contribution in [1.82, 2.24) is 0 Å². The number of carbonyl (C=O) groups excluding carboxylic acids is 1. The third kappa shape index (κ3) is 6.19. The molecular formula is C24H22Cl2N2O6S. The molecule has 0 aliphatic carbocycles. The molecule has 3 rings (SSSR count). The summed E-state index contributed by atoms with van der Waals surface area (Å²) in [5.74, 6) is 0.884. The van der Waals surface area contributed by atoms with Gasteiger partial charge < -0.3 is 19.5 Å². The molecule has 0 spiro atoms. The summed E-state index contributed by atoms with van der Waals surface area (Å²) in [6.45, 7) is 0. The van der Waals surface area contributed by atoms with Crippen LogP contribution in [0.2, 0.25) is 10.0 Å². The number of sulfonamides is 1. The maximum atomic E-state index is 12.7. The van der Waals surface area contributed by atoms with Gasteiger partial charge in [-0.05, 0) is 54.6 Å². The van der Waals surface area contributed by atoms with Crippen LogP contribution in [0, 0.1) is 0 Å². The van der Waals surface area contributed by atoms with Crippen molar-refractivity contribution in [3.8, 4) is 17.2 Å². The Bertz CT molecular complexity index is 1360. The van der Waals surface area contributed by atoms with E-state index >= 15 is 0 Å². The monoisotopic (exact) mass is 536 g/mol. The standard InChI is InChI=1S/C24H22Cl2N2O6S/c1-32-20-13-7-15(23(33-2)24(20)34-3)8-14-21(29)27-16-9-11-17(12-10-16)35(30,31)28-19-6-4-5-18(25)22(19)26/h4-14,28H,1-3H3,(H,27,29). The molecule has 3 aromatic carbocycles. The summed E-state index contributed by atoms with van der Waals surface area (Å²) in [4.78, 5) is 12.4. The Labute approximate surface area is 213 Å². The molecule has 0 atom stereocenters. The first-order chi connectivity index (χ1) is 16.7. The van der Waals surface area contributed by atoms with Gasteiger partial charge in [-0.3, -0.25) is 9.52 Å². The largest absolute Gasteiger partial charge is 0.493 e. The molecule has 184 valence electrons. The van der Waals surface area contributed by atoms with Gasteiger partial charge in [0.25, 0.3) is 10.0 Å². The molecule has 0 unspecified atom stereocenters. The summed E-state index contributed by atoms with van der Waals surface area (Å²) in [5.41, 5.74) is 1.17. The van der Waals surface area contributed by atoms with Gasteiger partial charge >= 0.3 is 0 Å². The minimum atomic E-state index is -3.92. The second-order valence-electron chi connectivity index (χ2n) is 6.98. The van der Waals surface area contributed by atoms with Crippen LogP contribution in [-0.2, 0) is 14.8 Å². The van der Waals surface area contributed by atoms with Gasteiger partial charge in [-0.15, -0.1) is 0 Å². The first kappa shape index (κ1) is 26.2. The fourth-order valence-electron chi connectivity index (χ4n) is 3.11. The van der Waals surface area contributed by atoms with Crippen molar-refractivity contribution in [3.63, 3.8) is 0 Å². The van der Waals surface area contributed by atoms with Crippen LogP contribution in [0.15, 0.2) is 65.6 Å². The van der Waals surface area contributed by atoms with Gasteiger partial charge in [-0.1, -0.05) is 29.3 Å². The predicted molar refractivity (Wildman–Crippen MR) is 137 cm³/mol. The molecule has 0 aromatic heterocycles. The molecule has 0 fully saturated rings. The summed E-state index contributed by atoms with van der Waals surface area (Å²) < 4.78 is 43.7. The molecule has 11 heteroatoms. The van der Waals surface area contributed by atoms with Crippen LogP contribution in [0.4, 0.5) is 11.4 Å². The SMILES string of the molecule is COc1ccc(C=CC(=O)Nc2ccc(S(=O)(=O)Nc3cccc(Cl)c3Cl)cc2)c(OC)c1OC. The van der Waals surface area contributed by atoms with Crippen LogP contribution in [-0.4, -0.2) is 35.7 Å². The number of hydrogen-bond donors (Lipinski definition) is 2. The second kappa shape index (κ2) is 11.4. The third-order valence-electron chi connectivity index (χ3n) is 4.78. The summed E-state index contributed by atoms with van der Waals surface area (Å²) in [6.07, 6.45) is 2.88. The van der Waals surface area contributed by atoms with Crippen LogP contribution in [0.5, 0.6) is 17.2 Å². The smallest absolute Gasteiger partial charge is 0.261 e. The Morgan fingerprint density at radius 2 is 1.57 bits per heavy atom. The van der Waals surface area contributed by atoms with Gasteiger partial charge in [0.15, 0.2) is 11.5 Å². The first-order valence-corrected chi connectivity index (χ1v) is 12.3. The number of nitrogens with one attached hydrogen (secondary N) is 2. The molecule has 0 saturated carbocycles. The lowest BCUT2D eigenvalue weighted by molar-refractivity contribution is -0.111. The number of methoxy groups -OCH3 is 3. The minimum Gasteiger partial charge on any atom is -0.493 e. The molecule has 2 N–H and O–H groups in total. The Balaban J connectivity index is 1.72. The Kier molecular flexibility index (Phi) is 8.50. The molecule has 1 amide bonds. The van der Waals surface area contributed by atoms with E-state index in [1.165, 1.54) is 57.7 Å². The summed E-state index contributed by atoms with van der Waals surface area (Å²) in [5, 5.41) is 2.99. The molecule has 0 bridgehead atoms. The Hall–Kier alpha value is -3.40. The maximum Gasteiger partial charge on any atom is 0.261 e. The number of amides is 1. The molecule has 0 heterocycles. The van der Waals surface area contributed by atoms with Crippen molar-refractivity contribution >= 4 is 56.6 Å². The van der Waals surface area contributed by atoms with Gasteiger partial charge in [0.1, 0.15) is 0 Å². The zero-order chi connectivity index (χ0) is 25.6. The summed E-state index contributed by atoms with van der Waals surface area (Å²) >= 11 is 12.0. The number of carbonyl (C=O) groups is 1. The molecule has 0 saturated heterocycles. The lowest BCUT2D eigenvalue weighted by atomic mass is 10.1. The van der Waals surface area contributed by atoms with Crippen LogP contribution in [0.25, 0.3) is 6.08 Å². The fourth-order valence-corrected chi connectivity index (χ4v) is 4.58. The first-order valence-electron chi connectivity index (χ1n) is 10.0. The average Bonchev–Trinajstić information content (AvgIpc) is 2.85. The number of rotatable bonds is 9. The summed E-state index contributed by atoms with van der Waals surface area (Å²) in [6, 6.07) is 13.7. The highest BCUT2D eigenvalue weighted by Crippen LogP contribution is 2.40. The highest BCUT2D eigenvalue weighted by Gasteiger charge is 2.17. The molecule has 0 aliphatic heterocycles. The van der Waals surface area contributed by atoms with E-state index in [4.69, 9.17) is 37.4 Å². The van der Waals surface area contributed by atoms with Gasteiger partial charge in [0, 0.05) is 17.3 Å². The lowest BCUT2D eigenvalue weighted by Gasteiger charge is -2.14. The van der Waals surface area contributed by atoms with Gasteiger partial charge in [-0.25, -0.2) is 8.42 Å². The minimum absolute atomic E-state index is 0.0165. The van der Waals surface area contributed by atoms with E-state index < -0.39 is 15.9 Å². The molecule has 0 aliphatic rings. The second-order valence-corrected chi connectivity index (χ2v) is 9.44. The fraction of sp³-hybridized carbons (Fsp3) is 0.125. The van der Waals surface area contributed by atoms with Crippen LogP contribution in [0.3, 0.4) is 0 Å². The van der Waals surface area contributed by atoms with Crippen molar-refractivity contribution in [1.29, 1.82) is 0 Å². The molecule has 0 radical (unpaired) electrons. The van der Waals surface area contributed by atoms with Gasteiger partial charge in [0.2, 0.25) is 11.7 Å². The van der Waals surface area contributed by atoms with Crippen molar-refractivity contribution in [3.05, 3.63) is 76.3 Å². The molecule has 35 heavy (non-hydrogen) atoms. The van der Waals surface area contributed by atoms with E-state index in [9.17, 15) is 13.2 Å². The average molecular weight is 537 g/mol. The topological polar surface area (TPSA) is 103 Å². The van der Waals surface area contributed by atoms with Gasteiger partial charge in [-0.2, -0.15) is 0 Å². The number of hydrogen-bond acceptors (Lipinski definition) is 6. The van der Waals surface area contributed by atoms with Crippen LogP contribution in [0.1, 0.15) is 5.56 Å². The maximum absolute atomic E-state index is 12.7. The van der Waals surface area contributed by atoms with Crippen molar-refractivity contribution < 1.29 is 27.4 Å².